The molecule has 0 fully saturated rings. The molecule has 72 heavy (non-hydrogen) atoms. The number of imidazole rings is 1. The molecule has 0 atom stereocenters. The number of rotatable bonds is 6. The van der Waals surface area contributed by atoms with Gasteiger partial charge in [0.25, 0.3) is 0 Å². The highest BCUT2D eigenvalue weighted by molar-refractivity contribution is 6.23. The van der Waals surface area contributed by atoms with Crippen molar-refractivity contribution in [2.45, 2.75) is 19.3 Å². The zero-order valence-corrected chi connectivity index (χ0v) is 40.4. The number of fused-ring (bicyclic) bond motifs is 15. The van der Waals surface area contributed by atoms with E-state index in [-0.39, 0.29) is 0 Å². The van der Waals surface area contributed by atoms with Crippen LogP contribution in [0.3, 0.4) is 0 Å². The van der Waals surface area contributed by atoms with E-state index in [0.29, 0.717) is 0 Å². The lowest BCUT2D eigenvalue weighted by atomic mass is 9.72. The van der Waals surface area contributed by atoms with Crippen LogP contribution < -0.4 is 0 Å². The van der Waals surface area contributed by atoms with Crippen molar-refractivity contribution in [2.24, 2.45) is 0 Å². The maximum atomic E-state index is 5.39. The lowest BCUT2D eigenvalue weighted by Crippen LogP contribution is -2.27. The fourth-order valence-corrected chi connectivity index (χ4v) is 12.1. The van der Waals surface area contributed by atoms with Crippen molar-refractivity contribution in [1.29, 1.82) is 0 Å². The Hall–Kier alpha value is -9.11. The Kier molecular flexibility index (Phi) is 10.2. The lowest BCUT2D eigenvalue weighted by molar-refractivity contribution is 0.738. The highest BCUT2D eigenvalue weighted by atomic mass is 15.1. The van der Waals surface area contributed by atoms with Crippen LogP contribution in [0.2, 0.25) is 0 Å². The van der Waals surface area contributed by atoms with Gasteiger partial charge in [0.1, 0.15) is 11.2 Å². The first-order valence-electron chi connectivity index (χ1n) is 24.9. The van der Waals surface area contributed by atoms with Gasteiger partial charge in [-0.05, 0) is 142 Å². The molecule has 1 aliphatic carbocycles. The lowest BCUT2D eigenvalue weighted by Gasteiger charge is -2.27. The summed E-state index contributed by atoms with van der Waals surface area (Å²) in [6, 6.07) is 81.6. The van der Waals surface area contributed by atoms with Gasteiger partial charge in [-0.15, -0.1) is 0 Å². The normalized spacial score (nSPS) is 12.9. The minimum absolute atomic E-state index is 0.496. The molecular weight excluding hydrogens is 869 g/mol. The third-order valence-electron chi connectivity index (χ3n) is 15.3. The van der Waals surface area contributed by atoms with E-state index in [9.17, 15) is 0 Å². The monoisotopic (exact) mass is 918 g/mol. The first-order chi connectivity index (χ1) is 35.5. The molecular formula is C70H50N2. The Morgan fingerprint density at radius 1 is 0.458 bits per heavy atom. The summed E-state index contributed by atoms with van der Waals surface area (Å²) in [5.41, 5.74) is 21.6. The van der Waals surface area contributed by atoms with Crippen LogP contribution in [0.4, 0.5) is 0 Å². The van der Waals surface area contributed by atoms with Gasteiger partial charge in [-0.2, -0.15) is 0 Å². The zero-order valence-electron chi connectivity index (χ0n) is 40.4. The van der Waals surface area contributed by atoms with Gasteiger partial charge in [-0.3, -0.25) is 4.57 Å². The van der Waals surface area contributed by atoms with E-state index in [0.717, 1.165) is 33.6 Å². The second-order valence-corrected chi connectivity index (χ2v) is 19.1. The molecule has 0 bridgehead atoms. The van der Waals surface area contributed by atoms with Crippen molar-refractivity contribution in [3.05, 3.63) is 295 Å². The van der Waals surface area contributed by atoms with Crippen molar-refractivity contribution < 1.29 is 0 Å². The average Bonchev–Trinajstić information content (AvgIpc) is 4.07. The number of hydrogen-bond acceptors (Lipinski definition) is 1. The predicted octanol–water partition coefficient (Wildman–Crippen LogP) is 18.2. The molecule has 0 saturated heterocycles. The summed E-state index contributed by atoms with van der Waals surface area (Å²) in [4.78, 5) is 5.39. The molecule has 14 rings (SSSR count). The molecule has 0 unspecified atom stereocenters. The maximum absolute atomic E-state index is 5.39. The van der Waals surface area contributed by atoms with Crippen LogP contribution in [-0.2, 0) is 5.41 Å². The van der Waals surface area contributed by atoms with Crippen molar-refractivity contribution >= 4 is 48.9 Å². The second kappa shape index (κ2) is 17.1. The third-order valence-corrected chi connectivity index (χ3v) is 15.3. The summed E-state index contributed by atoms with van der Waals surface area (Å²) in [6.45, 7) is 12.3. The Bertz CT molecular complexity index is 4130. The van der Waals surface area contributed by atoms with Crippen LogP contribution in [0.1, 0.15) is 39.2 Å². The van der Waals surface area contributed by atoms with Crippen molar-refractivity contribution in [1.82, 2.24) is 9.55 Å². The van der Waals surface area contributed by atoms with Crippen LogP contribution in [0.5, 0.6) is 0 Å². The molecule has 11 aromatic carbocycles. The highest BCUT2D eigenvalue weighted by Crippen LogP contribution is 2.61. The summed E-state index contributed by atoms with van der Waals surface area (Å²) in [6.07, 6.45) is 5.70. The van der Waals surface area contributed by atoms with E-state index in [2.05, 4.69) is 256 Å². The van der Waals surface area contributed by atoms with Crippen LogP contribution in [0.15, 0.2) is 256 Å². The quantitative estimate of drug-likeness (QED) is 0.120. The van der Waals surface area contributed by atoms with Gasteiger partial charge in [0.15, 0.2) is 0 Å². The number of aromatic nitrogens is 2. The predicted molar refractivity (Wildman–Crippen MR) is 305 cm³/mol. The first kappa shape index (κ1) is 43.0. The number of benzene rings is 11. The molecule has 2 aliphatic rings. The topological polar surface area (TPSA) is 17.8 Å². The molecule has 0 N–H and O–H groups in total. The van der Waals surface area contributed by atoms with Gasteiger partial charge in [0, 0.05) is 5.56 Å². The fraction of sp³-hybridized carbons (Fsp3) is 0.0429. The van der Waals surface area contributed by atoms with E-state index in [1.54, 1.807) is 0 Å². The number of aryl methyl sites for hydroxylation is 2. The minimum Gasteiger partial charge on any atom is -0.294 e. The van der Waals surface area contributed by atoms with Gasteiger partial charge < -0.3 is 0 Å². The van der Waals surface area contributed by atoms with Gasteiger partial charge in [0.05, 0.1) is 16.7 Å². The summed E-state index contributed by atoms with van der Waals surface area (Å²) in [5.74, 6) is 1.06. The Morgan fingerprint density at radius 2 is 1.01 bits per heavy atom. The van der Waals surface area contributed by atoms with E-state index in [1.165, 1.54) is 105 Å². The van der Waals surface area contributed by atoms with Crippen molar-refractivity contribution in [2.75, 3.05) is 0 Å². The summed E-state index contributed by atoms with van der Waals surface area (Å²) < 4.78 is 2.42. The molecule has 340 valence electrons. The molecule has 1 spiro atoms. The standard InChI is InChI=1S/C38H26N2.C32H24/c1-3-13-25(4-2)26-14-11-15-27(24-26)28-18-12-21-33-36(28)40-35-23-10-9-22-34(35)39-37(40)38(33)31-19-7-5-16-29(31)30-17-6-8-20-32(30)38;1-21-18-19-24(20-22(21)2)31-27-13-5-7-15-29(27)32(30-16-8-6-14-28(30)31)26-17-9-11-23-10-3-4-12-25(23)26/h3-24H,1-2H2;3-20H,1-2H3/b25-13+;. The molecule has 2 nitrogen and oxygen atoms in total. The SMILES string of the molecule is C=C/C=C(\C=C)c1cccc(-c2cccc3c2-n2c(nc4ccccc42)C32c3ccccc3-c3ccccc32)c1.Cc1ccc(-c2c3ccccc3c(-c3cccc4ccccc34)c3ccccc23)cc1C. The molecule has 12 aromatic rings. The fourth-order valence-electron chi connectivity index (χ4n) is 12.1. The van der Waals surface area contributed by atoms with E-state index >= 15 is 0 Å². The summed E-state index contributed by atoms with van der Waals surface area (Å²) in [5, 5.41) is 7.78. The smallest absolute Gasteiger partial charge is 0.134 e. The van der Waals surface area contributed by atoms with E-state index in [4.69, 9.17) is 4.98 Å². The number of hydrogen-bond donors (Lipinski definition) is 0. The molecule has 0 radical (unpaired) electrons. The van der Waals surface area contributed by atoms with Crippen molar-refractivity contribution in [3.63, 3.8) is 0 Å². The van der Waals surface area contributed by atoms with Gasteiger partial charge >= 0.3 is 0 Å². The minimum atomic E-state index is -0.496. The van der Waals surface area contributed by atoms with Gasteiger partial charge in [-0.1, -0.05) is 238 Å². The summed E-state index contributed by atoms with van der Waals surface area (Å²) in [7, 11) is 0. The molecule has 1 aliphatic heterocycles. The second-order valence-electron chi connectivity index (χ2n) is 19.1. The van der Waals surface area contributed by atoms with Crippen molar-refractivity contribution in [3.8, 4) is 50.2 Å². The van der Waals surface area contributed by atoms with Crippen LogP contribution in [-0.4, -0.2) is 9.55 Å². The van der Waals surface area contributed by atoms with Crippen LogP contribution >= 0.6 is 0 Å². The first-order valence-corrected chi connectivity index (χ1v) is 24.9. The zero-order chi connectivity index (χ0) is 48.5. The van der Waals surface area contributed by atoms with Gasteiger partial charge in [-0.25, -0.2) is 4.98 Å². The molecule has 0 amide bonds. The van der Waals surface area contributed by atoms with Crippen LogP contribution in [0, 0.1) is 13.8 Å². The number of allylic oxidation sites excluding steroid dienone is 4. The number of para-hydroxylation sites is 3. The Labute approximate surface area is 420 Å². The molecule has 2 heteroatoms. The van der Waals surface area contributed by atoms with Gasteiger partial charge in [0.2, 0.25) is 0 Å². The average molecular weight is 919 g/mol. The van der Waals surface area contributed by atoms with E-state index in [1.807, 2.05) is 18.2 Å². The molecule has 1 aromatic heterocycles. The van der Waals surface area contributed by atoms with Crippen LogP contribution in [0.25, 0.3) is 99.1 Å². The Morgan fingerprint density at radius 3 is 1.71 bits per heavy atom. The molecule has 0 saturated carbocycles. The third kappa shape index (κ3) is 6.39. The van der Waals surface area contributed by atoms with E-state index < -0.39 is 5.41 Å². The maximum Gasteiger partial charge on any atom is 0.134 e. The number of nitrogens with zero attached hydrogens (tertiary/aromatic N) is 2. The highest BCUT2D eigenvalue weighted by Gasteiger charge is 2.54. The summed E-state index contributed by atoms with van der Waals surface area (Å²) >= 11 is 0. The molecule has 2 heterocycles. The largest absolute Gasteiger partial charge is 0.294 e. The Balaban J connectivity index is 0.000000144.